The summed E-state index contributed by atoms with van der Waals surface area (Å²) in [5, 5.41) is 3.92. The van der Waals surface area contributed by atoms with Crippen LogP contribution < -0.4 is 10.1 Å². The highest BCUT2D eigenvalue weighted by atomic mass is 127. The van der Waals surface area contributed by atoms with Crippen LogP contribution in [0.3, 0.4) is 0 Å². The van der Waals surface area contributed by atoms with Crippen molar-refractivity contribution in [2.75, 3.05) is 0 Å². The second kappa shape index (κ2) is 10.1. The Morgan fingerprint density at radius 2 is 2.00 bits per heavy atom. The summed E-state index contributed by atoms with van der Waals surface area (Å²) in [6.45, 7) is 2.03. The molecular formula is C24H17ClFIN2O2S. The quantitative estimate of drug-likeness (QED) is 0.266. The van der Waals surface area contributed by atoms with Gasteiger partial charge in [0.05, 0.1) is 14.2 Å². The second-order valence-electron chi connectivity index (χ2n) is 6.94. The molecule has 3 aromatic carbocycles. The van der Waals surface area contributed by atoms with E-state index < -0.39 is 0 Å². The van der Waals surface area contributed by atoms with Crippen LogP contribution in [-0.4, -0.2) is 11.1 Å². The number of aliphatic imine (C=N–C) groups is 1. The monoisotopic (exact) mass is 578 g/mol. The number of hydrogen-bond donors (Lipinski definition) is 1. The molecule has 0 atom stereocenters. The summed E-state index contributed by atoms with van der Waals surface area (Å²) in [6.07, 6.45) is 1.80. The number of benzene rings is 3. The van der Waals surface area contributed by atoms with Crippen molar-refractivity contribution in [2.24, 2.45) is 4.99 Å². The van der Waals surface area contributed by atoms with E-state index in [1.165, 1.54) is 17.8 Å². The van der Waals surface area contributed by atoms with Gasteiger partial charge in [0.25, 0.3) is 5.91 Å². The average Bonchev–Trinajstić information content (AvgIpc) is 3.10. The van der Waals surface area contributed by atoms with Crippen LogP contribution in [-0.2, 0) is 11.4 Å². The molecule has 1 aliphatic heterocycles. The first-order valence-corrected chi connectivity index (χ1v) is 11.9. The van der Waals surface area contributed by atoms with E-state index in [0.29, 0.717) is 32.1 Å². The lowest BCUT2D eigenvalue weighted by atomic mass is 10.2. The summed E-state index contributed by atoms with van der Waals surface area (Å²) in [7, 11) is 0. The molecule has 3 aromatic rings. The van der Waals surface area contributed by atoms with Gasteiger partial charge in [-0.1, -0.05) is 41.9 Å². The maximum Gasteiger partial charge on any atom is 0.264 e. The fraction of sp³-hybridized carbons (Fsp3) is 0.0833. The lowest BCUT2D eigenvalue weighted by Crippen LogP contribution is -2.19. The SMILES string of the molecule is Cc1c(Cl)cccc1N=C1NC(=O)/C(=C\c2ccc(OCc3ccccc3F)c(I)c2)S1. The highest BCUT2D eigenvalue weighted by Gasteiger charge is 2.24. The molecule has 0 unspecified atom stereocenters. The van der Waals surface area contributed by atoms with Gasteiger partial charge in [-0.05, 0) is 88.8 Å². The zero-order valence-electron chi connectivity index (χ0n) is 16.9. The van der Waals surface area contributed by atoms with Crippen LogP contribution in [0.25, 0.3) is 6.08 Å². The Hall–Kier alpha value is -2.36. The standard InChI is InChI=1S/C24H17ClFIN2O2S/c1-14-17(25)6-4-8-20(14)28-24-29-23(30)22(32-24)12-15-9-10-21(19(27)11-15)31-13-16-5-2-3-7-18(16)26/h2-12H,13H2,1H3,(H,28,29,30)/b22-12+. The minimum Gasteiger partial charge on any atom is -0.488 e. The smallest absolute Gasteiger partial charge is 0.264 e. The number of amides is 1. The van der Waals surface area contributed by atoms with E-state index in [2.05, 4.69) is 32.9 Å². The van der Waals surface area contributed by atoms with Crippen molar-refractivity contribution in [3.63, 3.8) is 0 Å². The van der Waals surface area contributed by atoms with E-state index in [0.717, 1.165) is 14.7 Å². The Balaban J connectivity index is 1.48. The fourth-order valence-electron chi connectivity index (χ4n) is 2.95. The van der Waals surface area contributed by atoms with Gasteiger partial charge in [-0.15, -0.1) is 0 Å². The normalized spacial score (nSPS) is 15.9. The molecule has 0 radical (unpaired) electrons. The molecule has 1 saturated heterocycles. The van der Waals surface area contributed by atoms with E-state index in [9.17, 15) is 9.18 Å². The number of thioether (sulfide) groups is 1. The molecule has 1 N–H and O–H groups in total. The van der Waals surface area contributed by atoms with E-state index in [4.69, 9.17) is 16.3 Å². The van der Waals surface area contributed by atoms with Crippen molar-refractivity contribution < 1.29 is 13.9 Å². The van der Waals surface area contributed by atoms with E-state index in [-0.39, 0.29) is 18.3 Å². The molecular weight excluding hydrogens is 562 g/mol. The summed E-state index contributed by atoms with van der Waals surface area (Å²) in [5.74, 6) is 0.153. The Labute approximate surface area is 208 Å². The number of hydrogen-bond acceptors (Lipinski definition) is 4. The van der Waals surface area contributed by atoms with Gasteiger partial charge < -0.3 is 10.1 Å². The van der Waals surface area contributed by atoms with Crippen molar-refractivity contribution >= 4 is 68.8 Å². The Kier molecular flexibility index (Phi) is 7.17. The zero-order valence-corrected chi connectivity index (χ0v) is 20.6. The van der Waals surface area contributed by atoms with Gasteiger partial charge >= 0.3 is 0 Å². The lowest BCUT2D eigenvalue weighted by molar-refractivity contribution is -0.115. The van der Waals surface area contributed by atoms with Gasteiger partial charge in [-0.2, -0.15) is 0 Å². The minimum absolute atomic E-state index is 0.143. The minimum atomic E-state index is -0.293. The number of halogens is 3. The van der Waals surface area contributed by atoms with Crippen molar-refractivity contribution in [3.8, 4) is 5.75 Å². The van der Waals surface area contributed by atoms with Crippen LogP contribution >= 0.6 is 46.0 Å². The van der Waals surface area contributed by atoms with Gasteiger partial charge in [-0.25, -0.2) is 9.38 Å². The number of ether oxygens (including phenoxy) is 1. The third-order valence-electron chi connectivity index (χ3n) is 4.71. The number of rotatable bonds is 5. The molecule has 32 heavy (non-hydrogen) atoms. The molecule has 1 fully saturated rings. The molecule has 0 bridgehead atoms. The summed E-state index contributed by atoms with van der Waals surface area (Å²) in [5.41, 5.74) is 2.92. The molecule has 4 nitrogen and oxygen atoms in total. The highest BCUT2D eigenvalue weighted by molar-refractivity contribution is 14.1. The highest BCUT2D eigenvalue weighted by Crippen LogP contribution is 2.32. The molecule has 1 amide bonds. The van der Waals surface area contributed by atoms with Crippen LogP contribution in [0.2, 0.25) is 5.02 Å². The number of nitrogens with one attached hydrogen (secondary N) is 1. The summed E-state index contributed by atoms with van der Waals surface area (Å²) < 4.78 is 20.4. The van der Waals surface area contributed by atoms with Crippen molar-refractivity contribution in [2.45, 2.75) is 13.5 Å². The number of carbonyl (C=O) groups excluding carboxylic acids is 1. The molecule has 1 aliphatic rings. The van der Waals surface area contributed by atoms with Crippen LogP contribution in [0, 0.1) is 16.3 Å². The summed E-state index contributed by atoms with van der Waals surface area (Å²) in [6, 6.07) is 17.6. The first-order chi connectivity index (χ1) is 15.4. The molecule has 0 saturated carbocycles. The van der Waals surface area contributed by atoms with Gasteiger partial charge in [-0.3, -0.25) is 4.79 Å². The van der Waals surface area contributed by atoms with Gasteiger partial charge in [0.1, 0.15) is 18.2 Å². The zero-order chi connectivity index (χ0) is 22.7. The predicted octanol–water partition coefficient (Wildman–Crippen LogP) is 6.86. The topological polar surface area (TPSA) is 50.7 Å². The summed E-state index contributed by atoms with van der Waals surface area (Å²) in [4.78, 5) is 17.5. The maximum absolute atomic E-state index is 13.8. The molecule has 0 spiro atoms. The molecule has 4 rings (SSSR count). The molecule has 0 aliphatic carbocycles. The van der Waals surface area contributed by atoms with E-state index in [1.807, 2.05) is 37.3 Å². The van der Waals surface area contributed by atoms with Crippen LogP contribution in [0.15, 0.2) is 70.6 Å². The molecule has 8 heteroatoms. The fourth-order valence-corrected chi connectivity index (χ4v) is 4.65. The van der Waals surface area contributed by atoms with Crippen LogP contribution in [0.4, 0.5) is 10.1 Å². The molecule has 0 aromatic heterocycles. The number of carbonyl (C=O) groups is 1. The van der Waals surface area contributed by atoms with Crippen LogP contribution in [0.1, 0.15) is 16.7 Å². The largest absolute Gasteiger partial charge is 0.488 e. The number of nitrogens with zero attached hydrogens (tertiary/aromatic N) is 1. The molecule has 162 valence electrons. The van der Waals surface area contributed by atoms with Gasteiger partial charge in [0.15, 0.2) is 5.17 Å². The third kappa shape index (κ3) is 5.33. The summed E-state index contributed by atoms with van der Waals surface area (Å²) >= 11 is 9.59. The second-order valence-corrected chi connectivity index (χ2v) is 9.54. The average molecular weight is 579 g/mol. The molecule has 1 heterocycles. The lowest BCUT2D eigenvalue weighted by Gasteiger charge is -2.09. The predicted molar refractivity (Wildman–Crippen MR) is 137 cm³/mol. The third-order valence-corrected chi connectivity index (χ3v) is 6.87. The van der Waals surface area contributed by atoms with Crippen molar-refractivity contribution in [3.05, 3.63) is 96.7 Å². The van der Waals surface area contributed by atoms with Gasteiger partial charge in [0.2, 0.25) is 0 Å². The Morgan fingerprint density at radius 3 is 2.78 bits per heavy atom. The number of amidine groups is 1. The van der Waals surface area contributed by atoms with E-state index in [1.54, 1.807) is 30.3 Å². The van der Waals surface area contributed by atoms with Crippen molar-refractivity contribution in [1.82, 2.24) is 5.32 Å². The first-order valence-electron chi connectivity index (χ1n) is 9.61. The van der Waals surface area contributed by atoms with Gasteiger partial charge in [0, 0.05) is 10.6 Å². The van der Waals surface area contributed by atoms with Crippen molar-refractivity contribution in [1.29, 1.82) is 0 Å². The first kappa shape index (κ1) is 22.8. The maximum atomic E-state index is 13.8. The Bertz CT molecular complexity index is 1260. The van der Waals surface area contributed by atoms with E-state index >= 15 is 0 Å². The van der Waals surface area contributed by atoms with Crippen LogP contribution in [0.5, 0.6) is 5.75 Å². The Morgan fingerprint density at radius 1 is 1.19 bits per heavy atom.